The minimum Gasteiger partial charge on any atom is -0.381 e. The first-order chi connectivity index (χ1) is 9.96. The lowest BCUT2D eigenvalue weighted by Gasteiger charge is -2.12. The second-order valence-electron chi connectivity index (χ2n) is 5.44. The molecular formula is C14H24N2O3S2. The number of aryl methyl sites for hydroxylation is 1. The van der Waals surface area contributed by atoms with Crippen LogP contribution in [-0.2, 0) is 21.3 Å². The average Bonchev–Trinajstić information content (AvgIpc) is 3.03. The highest BCUT2D eigenvalue weighted by Crippen LogP contribution is 2.28. The van der Waals surface area contributed by atoms with Crippen molar-refractivity contribution in [3.63, 3.8) is 0 Å². The van der Waals surface area contributed by atoms with Gasteiger partial charge in [-0.05, 0) is 44.4 Å². The van der Waals surface area contributed by atoms with Gasteiger partial charge >= 0.3 is 0 Å². The molecule has 0 aromatic carbocycles. The van der Waals surface area contributed by atoms with Crippen LogP contribution in [0.3, 0.4) is 0 Å². The highest BCUT2D eigenvalue weighted by Gasteiger charge is 2.29. The van der Waals surface area contributed by atoms with Crippen molar-refractivity contribution in [1.29, 1.82) is 0 Å². The molecule has 7 heteroatoms. The molecule has 1 aromatic heterocycles. The third-order valence-electron chi connectivity index (χ3n) is 3.84. The second-order valence-corrected chi connectivity index (χ2v) is 8.52. The van der Waals surface area contributed by atoms with Gasteiger partial charge in [0.1, 0.15) is 4.21 Å². The lowest BCUT2D eigenvalue weighted by atomic mass is 10.3. The van der Waals surface area contributed by atoms with Crippen molar-refractivity contribution in [3.8, 4) is 0 Å². The molecule has 0 saturated heterocycles. The molecule has 0 bridgehead atoms. The SMILES string of the molecule is CCNCc1sc(S(=O)(=O)NC2CCC(OC)C2)cc1C. The average molecular weight is 332 g/mol. The molecule has 0 aliphatic heterocycles. The predicted octanol–water partition coefficient (Wildman–Crippen LogP) is 2.01. The van der Waals surface area contributed by atoms with Crippen LogP contribution in [-0.4, -0.2) is 34.2 Å². The summed E-state index contributed by atoms with van der Waals surface area (Å²) >= 11 is 1.35. The van der Waals surface area contributed by atoms with Gasteiger partial charge in [-0.25, -0.2) is 13.1 Å². The Kier molecular flexibility index (Phi) is 5.79. The van der Waals surface area contributed by atoms with Crippen LogP contribution in [0.15, 0.2) is 10.3 Å². The Morgan fingerprint density at radius 3 is 2.81 bits per heavy atom. The zero-order valence-corrected chi connectivity index (χ0v) is 14.4. The van der Waals surface area contributed by atoms with Crippen LogP contribution in [0.4, 0.5) is 0 Å². The molecule has 5 nitrogen and oxygen atoms in total. The molecule has 0 amide bonds. The van der Waals surface area contributed by atoms with E-state index in [1.807, 2.05) is 13.8 Å². The molecule has 0 spiro atoms. The van der Waals surface area contributed by atoms with Crippen molar-refractivity contribution in [1.82, 2.24) is 10.0 Å². The minimum atomic E-state index is -3.42. The molecule has 2 atom stereocenters. The van der Waals surface area contributed by atoms with Crippen LogP contribution < -0.4 is 10.0 Å². The summed E-state index contributed by atoms with van der Waals surface area (Å²) in [5.41, 5.74) is 1.03. The number of methoxy groups -OCH3 is 1. The van der Waals surface area contributed by atoms with Crippen LogP contribution >= 0.6 is 11.3 Å². The van der Waals surface area contributed by atoms with E-state index in [-0.39, 0.29) is 12.1 Å². The minimum absolute atomic E-state index is 0.0143. The first-order valence-corrected chi connectivity index (χ1v) is 9.61. The fourth-order valence-electron chi connectivity index (χ4n) is 2.57. The van der Waals surface area contributed by atoms with Crippen LogP contribution in [0.1, 0.15) is 36.6 Å². The molecule has 1 fully saturated rings. The number of ether oxygens (including phenoxy) is 1. The summed E-state index contributed by atoms with van der Waals surface area (Å²) in [5.74, 6) is 0. The Balaban J connectivity index is 2.05. The van der Waals surface area contributed by atoms with Crippen molar-refractivity contribution < 1.29 is 13.2 Å². The normalized spacial score (nSPS) is 22.8. The van der Waals surface area contributed by atoms with Gasteiger partial charge in [0.05, 0.1) is 6.10 Å². The summed E-state index contributed by atoms with van der Waals surface area (Å²) < 4.78 is 33.4. The Bertz CT molecular complexity index is 569. The van der Waals surface area contributed by atoms with Gasteiger partial charge in [-0.2, -0.15) is 0 Å². The zero-order chi connectivity index (χ0) is 15.5. The van der Waals surface area contributed by atoms with E-state index in [0.29, 0.717) is 4.21 Å². The van der Waals surface area contributed by atoms with E-state index >= 15 is 0 Å². The maximum absolute atomic E-state index is 12.5. The van der Waals surface area contributed by atoms with Gasteiger partial charge in [0.2, 0.25) is 10.0 Å². The van der Waals surface area contributed by atoms with Crippen molar-refractivity contribution in [2.75, 3.05) is 13.7 Å². The maximum Gasteiger partial charge on any atom is 0.250 e. The van der Waals surface area contributed by atoms with Crippen molar-refractivity contribution in [2.24, 2.45) is 0 Å². The standard InChI is InChI=1S/C14H24N2O3S2/c1-4-15-9-13-10(2)7-14(20-13)21(17,18)16-11-5-6-12(8-11)19-3/h7,11-12,15-16H,4-6,8-9H2,1-3H3. The molecule has 120 valence electrons. The molecule has 2 rings (SSSR count). The topological polar surface area (TPSA) is 67.4 Å². The molecule has 21 heavy (non-hydrogen) atoms. The van der Waals surface area contributed by atoms with Crippen molar-refractivity contribution >= 4 is 21.4 Å². The van der Waals surface area contributed by atoms with E-state index in [1.165, 1.54) is 11.3 Å². The van der Waals surface area contributed by atoms with Gasteiger partial charge in [-0.3, -0.25) is 0 Å². The number of rotatable bonds is 7. The van der Waals surface area contributed by atoms with Crippen LogP contribution in [0.25, 0.3) is 0 Å². The van der Waals surface area contributed by atoms with E-state index in [2.05, 4.69) is 10.0 Å². The molecule has 0 radical (unpaired) electrons. The highest BCUT2D eigenvalue weighted by atomic mass is 32.2. The third-order valence-corrected chi connectivity index (χ3v) is 7.07. The number of thiophene rings is 1. The predicted molar refractivity (Wildman–Crippen MR) is 85.2 cm³/mol. The smallest absolute Gasteiger partial charge is 0.250 e. The van der Waals surface area contributed by atoms with Crippen molar-refractivity contribution in [3.05, 3.63) is 16.5 Å². The van der Waals surface area contributed by atoms with Crippen molar-refractivity contribution in [2.45, 2.75) is 56.0 Å². The third kappa shape index (κ3) is 4.26. The van der Waals surface area contributed by atoms with E-state index in [1.54, 1.807) is 13.2 Å². The first-order valence-electron chi connectivity index (χ1n) is 7.31. The number of nitrogens with one attached hydrogen (secondary N) is 2. The molecule has 1 aromatic rings. The van der Waals surface area contributed by atoms with Gasteiger partial charge < -0.3 is 10.1 Å². The molecule has 2 unspecified atom stereocenters. The van der Waals surface area contributed by atoms with Crippen LogP contribution in [0.2, 0.25) is 0 Å². The number of hydrogen-bond donors (Lipinski definition) is 2. The highest BCUT2D eigenvalue weighted by molar-refractivity contribution is 7.91. The van der Waals surface area contributed by atoms with Crippen LogP contribution in [0, 0.1) is 6.92 Å². The fraction of sp³-hybridized carbons (Fsp3) is 0.714. The van der Waals surface area contributed by atoms with Gasteiger partial charge in [0.15, 0.2) is 0 Å². The summed E-state index contributed by atoms with van der Waals surface area (Å²) in [5, 5.41) is 3.24. The summed E-state index contributed by atoms with van der Waals surface area (Å²) in [6.07, 6.45) is 2.68. The van der Waals surface area contributed by atoms with Gasteiger partial charge in [-0.15, -0.1) is 11.3 Å². The first kappa shape index (κ1) is 16.9. The Morgan fingerprint density at radius 1 is 1.43 bits per heavy atom. The lowest BCUT2D eigenvalue weighted by molar-refractivity contribution is 0.107. The summed E-state index contributed by atoms with van der Waals surface area (Å²) in [7, 11) is -1.74. The molecule has 1 aliphatic carbocycles. The fourth-order valence-corrected chi connectivity index (χ4v) is 5.43. The van der Waals surface area contributed by atoms with Gasteiger partial charge in [-0.1, -0.05) is 6.92 Å². The quantitative estimate of drug-likeness (QED) is 0.801. The van der Waals surface area contributed by atoms with Gasteiger partial charge in [0, 0.05) is 24.6 Å². The van der Waals surface area contributed by atoms with Crippen LogP contribution in [0.5, 0.6) is 0 Å². The lowest BCUT2D eigenvalue weighted by Crippen LogP contribution is -2.33. The van der Waals surface area contributed by atoms with Gasteiger partial charge in [0.25, 0.3) is 0 Å². The van der Waals surface area contributed by atoms with E-state index < -0.39 is 10.0 Å². The Morgan fingerprint density at radius 2 is 2.19 bits per heavy atom. The molecule has 2 N–H and O–H groups in total. The van der Waals surface area contributed by atoms with E-state index in [9.17, 15) is 8.42 Å². The molecule has 1 aliphatic rings. The monoisotopic (exact) mass is 332 g/mol. The zero-order valence-electron chi connectivity index (χ0n) is 12.8. The molecule has 1 saturated carbocycles. The molecule has 1 heterocycles. The van der Waals surface area contributed by atoms with E-state index in [4.69, 9.17) is 4.74 Å². The summed E-state index contributed by atoms with van der Waals surface area (Å²) in [6, 6.07) is 1.75. The molecular weight excluding hydrogens is 308 g/mol. The number of hydrogen-bond acceptors (Lipinski definition) is 5. The Hall–Kier alpha value is -0.470. The largest absolute Gasteiger partial charge is 0.381 e. The van der Waals surface area contributed by atoms with E-state index in [0.717, 1.165) is 42.8 Å². The maximum atomic E-state index is 12.5. The summed E-state index contributed by atoms with van der Waals surface area (Å²) in [6.45, 7) is 5.59. The summed E-state index contributed by atoms with van der Waals surface area (Å²) in [4.78, 5) is 1.08. The number of sulfonamides is 1. The Labute approximate surface area is 131 Å². The second kappa shape index (κ2) is 7.19.